The summed E-state index contributed by atoms with van der Waals surface area (Å²) in [4.78, 5) is 25.2. The zero-order chi connectivity index (χ0) is 15.6. The molecule has 0 radical (unpaired) electrons. The van der Waals surface area contributed by atoms with Crippen LogP contribution < -0.4 is 0 Å². The highest BCUT2D eigenvalue weighted by atomic mass is 35.5. The Hall–Kier alpha value is -1.62. The van der Waals surface area contributed by atoms with Crippen molar-refractivity contribution in [2.24, 2.45) is 5.92 Å². The SMILES string of the molecule is CCN1C(=O)CCCC(C(=O)O)C1c1cccc(Cl)c1F. The minimum Gasteiger partial charge on any atom is -0.481 e. The molecule has 0 saturated carbocycles. The lowest BCUT2D eigenvalue weighted by Crippen LogP contribution is -2.39. The van der Waals surface area contributed by atoms with Crippen molar-refractivity contribution >= 4 is 23.5 Å². The quantitative estimate of drug-likeness (QED) is 0.932. The van der Waals surface area contributed by atoms with E-state index in [1.807, 2.05) is 0 Å². The van der Waals surface area contributed by atoms with E-state index in [0.29, 0.717) is 19.4 Å². The zero-order valence-corrected chi connectivity index (χ0v) is 12.4. The van der Waals surface area contributed by atoms with Crippen molar-refractivity contribution in [3.05, 3.63) is 34.6 Å². The number of nitrogens with zero attached hydrogens (tertiary/aromatic N) is 1. The van der Waals surface area contributed by atoms with Crippen molar-refractivity contribution in [3.8, 4) is 0 Å². The molecule has 1 heterocycles. The summed E-state index contributed by atoms with van der Waals surface area (Å²) in [7, 11) is 0. The smallest absolute Gasteiger partial charge is 0.308 e. The van der Waals surface area contributed by atoms with E-state index in [9.17, 15) is 19.1 Å². The molecule has 1 aromatic carbocycles. The van der Waals surface area contributed by atoms with Crippen LogP contribution in [0.1, 0.15) is 37.8 Å². The first-order valence-electron chi connectivity index (χ1n) is 6.93. The van der Waals surface area contributed by atoms with E-state index >= 15 is 0 Å². The Kier molecular flexibility index (Phi) is 4.83. The molecule has 1 amide bonds. The van der Waals surface area contributed by atoms with Crippen LogP contribution in [-0.2, 0) is 9.59 Å². The molecule has 1 fully saturated rings. The van der Waals surface area contributed by atoms with E-state index in [1.54, 1.807) is 13.0 Å². The number of carboxylic acids is 1. The number of rotatable bonds is 3. The van der Waals surface area contributed by atoms with Gasteiger partial charge in [-0.1, -0.05) is 23.7 Å². The van der Waals surface area contributed by atoms with Gasteiger partial charge in [-0.15, -0.1) is 0 Å². The number of benzene rings is 1. The standard InChI is InChI=1S/C15H17ClFNO3/c1-2-18-12(19)8-4-6-10(15(20)21)14(18)9-5-3-7-11(16)13(9)17/h3,5,7,10,14H,2,4,6,8H2,1H3,(H,20,21). The van der Waals surface area contributed by atoms with Gasteiger partial charge < -0.3 is 10.0 Å². The lowest BCUT2D eigenvalue weighted by atomic mass is 9.89. The molecule has 2 unspecified atom stereocenters. The third-order valence-corrected chi connectivity index (χ3v) is 4.19. The van der Waals surface area contributed by atoms with Crippen molar-refractivity contribution in [1.29, 1.82) is 0 Å². The molecule has 1 aliphatic heterocycles. The monoisotopic (exact) mass is 313 g/mol. The Labute approximate surface area is 127 Å². The molecule has 0 bridgehead atoms. The molecule has 1 N–H and O–H groups in total. The molecule has 6 heteroatoms. The van der Waals surface area contributed by atoms with Gasteiger partial charge in [0.15, 0.2) is 0 Å². The van der Waals surface area contributed by atoms with Gasteiger partial charge in [0.1, 0.15) is 5.82 Å². The average Bonchev–Trinajstić information content (AvgIpc) is 2.60. The second-order valence-corrected chi connectivity index (χ2v) is 5.51. The van der Waals surface area contributed by atoms with Gasteiger partial charge in [0.25, 0.3) is 0 Å². The van der Waals surface area contributed by atoms with Gasteiger partial charge in [-0.2, -0.15) is 0 Å². The molecular formula is C15H17ClFNO3. The topological polar surface area (TPSA) is 57.6 Å². The van der Waals surface area contributed by atoms with Gasteiger partial charge in [-0.25, -0.2) is 4.39 Å². The first-order valence-corrected chi connectivity index (χ1v) is 7.31. The Bertz CT molecular complexity index is 562. The number of carbonyl (C=O) groups is 2. The Morgan fingerprint density at radius 3 is 2.86 bits per heavy atom. The minimum atomic E-state index is -1.02. The summed E-state index contributed by atoms with van der Waals surface area (Å²) in [5.41, 5.74) is 0.173. The number of carbonyl (C=O) groups excluding carboxylic acids is 1. The summed E-state index contributed by atoms with van der Waals surface area (Å²) < 4.78 is 14.3. The summed E-state index contributed by atoms with van der Waals surface area (Å²) in [6.07, 6.45) is 1.12. The summed E-state index contributed by atoms with van der Waals surface area (Å²) in [6.45, 7) is 2.09. The van der Waals surface area contributed by atoms with Crippen LogP contribution in [0.4, 0.5) is 4.39 Å². The molecule has 0 aliphatic carbocycles. The number of aliphatic carboxylic acids is 1. The fourth-order valence-electron chi connectivity index (χ4n) is 2.91. The van der Waals surface area contributed by atoms with E-state index in [1.165, 1.54) is 17.0 Å². The molecule has 1 aromatic rings. The van der Waals surface area contributed by atoms with E-state index < -0.39 is 23.7 Å². The van der Waals surface area contributed by atoms with Crippen molar-refractivity contribution in [2.75, 3.05) is 6.54 Å². The van der Waals surface area contributed by atoms with Gasteiger partial charge in [0, 0.05) is 18.5 Å². The van der Waals surface area contributed by atoms with Crippen LogP contribution >= 0.6 is 11.6 Å². The molecule has 114 valence electrons. The number of amides is 1. The molecule has 0 aromatic heterocycles. The maximum Gasteiger partial charge on any atom is 0.308 e. The summed E-state index contributed by atoms with van der Waals surface area (Å²) >= 11 is 5.80. The Balaban J connectivity index is 2.56. The Morgan fingerprint density at radius 1 is 1.52 bits per heavy atom. The van der Waals surface area contributed by atoms with E-state index in [0.717, 1.165) is 0 Å². The fraction of sp³-hybridized carbons (Fsp3) is 0.467. The predicted octanol–water partition coefficient (Wildman–Crippen LogP) is 3.25. The lowest BCUT2D eigenvalue weighted by Gasteiger charge is -2.33. The van der Waals surface area contributed by atoms with Gasteiger partial charge in [0.05, 0.1) is 17.0 Å². The maximum absolute atomic E-state index is 14.3. The summed E-state index contributed by atoms with van der Waals surface area (Å²) in [6, 6.07) is 3.66. The van der Waals surface area contributed by atoms with Gasteiger partial charge in [0.2, 0.25) is 5.91 Å². The lowest BCUT2D eigenvalue weighted by molar-refractivity contribution is -0.146. The summed E-state index contributed by atoms with van der Waals surface area (Å²) in [5, 5.41) is 9.40. The highest BCUT2D eigenvalue weighted by Gasteiger charge is 2.39. The number of hydrogen-bond acceptors (Lipinski definition) is 2. The van der Waals surface area contributed by atoms with Crippen molar-refractivity contribution in [1.82, 2.24) is 4.90 Å². The van der Waals surface area contributed by atoms with E-state index in [4.69, 9.17) is 11.6 Å². The summed E-state index contributed by atoms with van der Waals surface area (Å²) in [5.74, 6) is -2.65. The third kappa shape index (κ3) is 3.02. The van der Waals surface area contributed by atoms with Crippen LogP contribution in [0.2, 0.25) is 5.02 Å². The molecule has 1 aliphatic rings. The van der Waals surface area contributed by atoms with Crippen LogP contribution in [0.25, 0.3) is 0 Å². The first-order chi connectivity index (χ1) is 9.97. The van der Waals surface area contributed by atoms with Crippen LogP contribution in [0, 0.1) is 11.7 Å². The van der Waals surface area contributed by atoms with Gasteiger partial charge in [-0.05, 0) is 25.8 Å². The number of carboxylic acid groups (broad SMARTS) is 1. The van der Waals surface area contributed by atoms with Crippen molar-refractivity contribution in [2.45, 2.75) is 32.2 Å². The maximum atomic E-state index is 14.3. The number of halogens is 2. The number of hydrogen-bond donors (Lipinski definition) is 1. The number of likely N-dealkylation sites (tertiary alicyclic amines) is 1. The highest BCUT2D eigenvalue weighted by molar-refractivity contribution is 6.30. The molecule has 4 nitrogen and oxygen atoms in total. The molecular weight excluding hydrogens is 297 g/mol. The molecule has 21 heavy (non-hydrogen) atoms. The molecule has 0 spiro atoms. The Morgan fingerprint density at radius 2 is 2.24 bits per heavy atom. The van der Waals surface area contributed by atoms with Crippen molar-refractivity contribution < 1.29 is 19.1 Å². The molecule has 1 saturated heterocycles. The third-order valence-electron chi connectivity index (χ3n) is 3.90. The normalized spacial score (nSPS) is 23.0. The van der Waals surface area contributed by atoms with E-state index in [2.05, 4.69) is 0 Å². The minimum absolute atomic E-state index is 0.0654. The van der Waals surface area contributed by atoms with Crippen LogP contribution in [-0.4, -0.2) is 28.4 Å². The largest absolute Gasteiger partial charge is 0.481 e. The predicted molar refractivity (Wildman–Crippen MR) is 76.5 cm³/mol. The van der Waals surface area contributed by atoms with Crippen LogP contribution in [0.5, 0.6) is 0 Å². The van der Waals surface area contributed by atoms with Crippen LogP contribution in [0.15, 0.2) is 18.2 Å². The first kappa shape index (κ1) is 15.8. The highest BCUT2D eigenvalue weighted by Crippen LogP contribution is 2.38. The van der Waals surface area contributed by atoms with Gasteiger partial charge >= 0.3 is 5.97 Å². The molecule has 2 rings (SSSR count). The van der Waals surface area contributed by atoms with E-state index in [-0.39, 0.29) is 22.9 Å². The zero-order valence-electron chi connectivity index (χ0n) is 11.7. The average molecular weight is 314 g/mol. The van der Waals surface area contributed by atoms with Crippen LogP contribution in [0.3, 0.4) is 0 Å². The fourth-order valence-corrected chi connectivity index (χ4v) is 3.09. The second kappa shape index (κ2) is 6.43. The van der Waals surface area contributed by atoms with Gasteiger partial charge in [-0.3, -0.25) is 9.59 Å². The van der Waals surface area contributed by atoms with Crippen molar-refractivity contribution in [3.63, 3.8) is 0 Å². The second-order valence-electron chi connectivity index (χ2n) is 5.10. The molecule has 2 atom stereocenters.